The maximum atomic E-state index is 13.3. The van der Waals surface area contributed by atoms with Crippen molar-refractivity contribution in [3.05, 3.63) is 35.6 Å². The topological polar surface area (TPSA) is 62.9 Å². The van der Waals surface area contributed by atoms with Crippen LogP contribution in [-0.2, 0) is 4.74 Å². The van der Waals surface area contributed by atoms with E-state index in [0.717, 1.165) is 31.9 Å². The van der Waals surface area contributed by atoms with Gasteiger partial charge in [0.05, 0.1) is 25.8 Å². The molecule has 0 bridgehead atoms. The molecule has 0 spiro atoms. The zero-order valence-electron chi connectivity index (χ0n) is 15.9. The summed E-state index contributed by atoms with van der Waals surface area (Å²) in [5.74, 6) is 0.310. The fraction of sp³-hybridized carbons (Fsp3) is 0.650. The van der Waals surface area contributed by atoms with E-state index in [1.165, 1.54) is 50.7 Å². The largest absolute Gasteiger partial charge is 0.379 e. The Hall–Kier alpha value is -0.930. The van der Waals surface area contributed by atoms with Crippen LogP contribution in [0.15, 0.2) is 29.3 Å². The van der Waals surface area contributed by atoms with Gasteiger partial charge in [-0.3, -0.25) is 9.89 Å². The number of hydrogen-bond donors (Lipinski definition) is 2. The van der Waals surface area contributed by atoms with Gasteiger partial charge in [-0.25, -0.2) is 4.39 Å². The van der Waals surface area contributed by atoms with Crippen molar-refractivity contribution in [2.75, 3.05) is 32.8 Å². The number of halogens is 2. The number of nitrogens with two attached hydrogens (primary N) is 1. The monoisotopic (exact) mass is 490 g/mol. The summed E-state index contributed by atoms with van der Waals surface area (Å²) in [4.78, 5) is 6.98. The minimum Gasteiger partial charge on any atom is -0.379 e. The minimum absolute atomic E-state index is 0. The average Bonchev–Trinajstić information content (AvgIpc) is 2.93. The Morgan fingerprint density at radius 1 is 1.15 bits per heavy atom. The molecule has 3 rings (SSSR count). The van der Waals surface area contributed by atoms with E-state index in [9.17, 15) is 4.39 Å². The molecule has 1 heterocycles. The Morgan fingerprint density at radius 3 is 2.41 bits per heavy atom. The molecule has 1 atom stereocenters. The second-order valence-electron chi connectivity index (χ2n) is 7.27. The molecule has 1 aromatic rings. The van der Waals surface area contributed by atoms with E-state index in [0.29, 0.717) is 18.5 Å². The summed E-state index contributed by atoms with van der Waals surface area (Å²) in [6, 6.07) is 7.25. The number of nitrogens with zero attached hydrogens (tertiary/aromatic N) is 2. The lowest BCUT2D eigenvalue weighted by atomic mass is 10.0. The molecule has 1 saturated heterocycles. The molecule has 1 aromatic carbocycles. The van der Waals surface area contributed by atoms with E-state index in [1.807, 2.05) is 12.1 Å². The van der Waals surface area contributed by atoms with Crippen LogP contribution < -0.4 is 11.1 Å². The highest BCUT2D eigenvalue weighted by Gasteiger charge is 2.23. The van der Waals surface area contributed by atoms with Gasteiger partial charge in [-0.2, -0.15) is 0 Å². The maximum absolute atomic E-state index is 13.3. The molecule has 152 valence electrons. The molecule has 2 aliphatic rings. The second-order valence-corrected chi connectivity index (χ2v) is 7.27. The average molecular weight is 490 g/mol. The highest BCUT2D eigenvalue weighted by atomic mass is 127. The Morgan fingerprint density at radius 2 is 1.78 bits per heavy atom. The smallest absolute Gasteiger partial charge is 0.188 e. The molecule has 5 nitrogen and oxygen atoms in total. The molecule has 1 aliphatic heterocycles. The first-order valence-corrected chi connectivity index (χ1v) is 9.86. The van der Waals surface area contributed by atoms with Crippen LogP contribution in [0.4, 0.5) is 4.39 Å². The number of ether oxygens (including phenoxy) is 1. The molecular weight excluding hydrogens is 458 g/mol. The molecule has 1 aliphatic carbocycles. The Balaban J connectivity index is 0.00000261. The summed E-state index contributed by atoms with van der Waals surface area (Å²) in [5, 5.41) is 3.40. The second kappa shape index (κ2) is 11.8. The molecule has 3 N–H and O–H groups in total. The van der Waals surface area contributed by atoms with E-state index >= 15 is 0 Å². The highest BCUT2D eigenvalue weighted by Crippen LogP contribution is 2.23. The van der Waals surface area contributed by atoms with E-state index in [2.05, 4.69) is 15.2 Å². The predicted octanol–water partition coefficient (Wildman–Crippen LogP) is 3.44. The number of morpholine rings is 1. The van der Waals surface area contributed by atoms with Gasteiger partial charge in [0.15, 0.2) is 5.96 Å². The summed E-state index contributed by atoms with van der Waals surface area (Å²) in [7, 11) is 0. The SMILES string of the molecule is I.NC(=NCC(c1ccc(F)cc1)N1CCOCC1)NC1CCCCCC1. The van der Waals surface area contributed by atoms with Gasteiger partial charge in [0.1, 0.15) is 5.82 Å². The minimum atomic E-state index is -0.215. The molecule has 1 unspecified atom stereocenters. The normalized spacial score (nSPS) is 21.1. The molecular formula is C20H32FIN4O. The van der Waals surface area contributed by atoms with Crippen molar-refractivity contribution in [1.29, 1.82) is 0 Å². The predicted molar refractivity (Wildman–Crippen MR) is 118 cm³/mol. The molecule has 1 saturated carbocycles. The van der Waals surface area contributed by atoms with Crippen LogP contribution in [0.5, 0.6) is 0 Å². The van der Waals surface area contributed by atoms with Crippen LogP contribution in [0.1, 0.15) is 50.1 Å². The standard InChI is InChI=1S/C20H31FN4O.HI/c21-17-9-7-16(8-10-17)19(25-11-13-26-14-12-25)15-23-20(22)24-18-5-3-1-2-4-6-18;/h7-10,18-19H,1-6,11-15H2,(H3,22,23,24);1H. The maximum Gasteiger partial charge on any atom is 0.188 e. The number of hydrogen-bond acceptors (Lipinski definition) is 3. The van der Waals surface area contributed by atoms with Crippen LogP contribution in [0.25, 0.3) is 0 Å². The van der Waals surface area contributed by atoms with Crippen LogP contribution in [-0.4, -0.2) is 49.7 Å². The molecule has 7 heteroatoms. The summed E-state index contributed by atoms with van der Waals surface area (Å²) in [5.41, 5.74) is 7.24. The number of aliphatic imine (C=N–C) groups is 1. The van der Waals surface area contributed by atoms with Crippen molar-refractivity contribution in [2.45, 2.75) is 50.6 Å². The summed E-state index contributed by atoms with van der Waals surface area (Å²) in [6.07, 6.45) is 7.49. The Bertz CT molecular complexity index is 570. The van der Waals surface area contributed by atoms with Crippen LogP contribution in [0, 0.1) is 5.82 Å². The number of rotatable bonds is 5. The summed E-state index contributed by atoms with van der Waals surface area (Å²) < 4.78 is 18.8. The van der Waals surface area contributed by atoms with Crippen molar-refractivity contribution >= 4 is 29.9 Å². The van der Waals surface area contributed by atoms with Crippen LogP contribution in [0.2, 0.25) is 0 Å². The zero-order valence-corrected chi connectivity index (χ0v) is 18.2. The van der Waals surface area contributed by atoms with E-state index in [-0.39, 0.29) is 35.8 Å². The van der Waals surface area contributed by atoms with E-state index in [4.69, 9.17) is 10.5 Å². The van der Waals surface area contributed by atoms with Crippen molar-refractivity contribution in [3.8, 4) is 0 Å². The number of nitrogens with one attached hydrogen (secondary N) is 1. The molecule has 2 fully saturated rings. The van der Waals surface area contributed by atoms with Crippen molar-refractivity contribution in [3.63, 3.8) is 0 Å². The first-order chi connectivity index (χ1) is 12.7. The summed E-state index contributed by atoms with van der Waals surface area (Å²) in [6.45, 7) is 3.71. The fourth-order valence-corrected chi connectivity index (χ4v) is 3.87. The Kier molecular flexibility index (Phi) is 9.78. The number of benzene rings is 1. The van der Waals surface area contributed by atoms with Crippen LogP contribution >= 0.6 is 24.0 Å². The lowest BCUT2D eigenvalue weighted by molar-refractivity contribution is 0.0179. The van der Waals surface area contributed by atoms with E-state index in [1.54, 1.807) is 0 Å². The number of guanidine groups is 1. The molecule has 27 heavy (non-hydrogen) atoms. The van der Waals surface area contributed by atoms with E-state index < -0.39 is 0 Å². The lowest BCUT2D eigenvalue weighted by Gasteiger charge is -2.34. The van der Waals surface area contributed by atoms with Gasteiger partial charge in [0.25, 0.3) is 0 Å². The molecule has 0 aromatic heterocycles. The fourth-order valence-electron chi connectivity index (χ4n) is 3.87. The lowest BCUT2D eigenvalue weighted by Crippen LogP contribution is -2.42. The third kappa shape index (κ3) is 7.19. The van der Waals surface area contributed by atoms with Gasteiger partial charge in [0, 0.05) is 19.1 Å². The van der Waals surface area contributed by atoms with Gasteiger partial charge in [0.2, 0.25) is 0 Å². The van der Waals surface area contributed by atoms with Crippen molar-refractivity contribution in [2.24, 2.45) is 10.7 Å². The Labute approximate surface area is 178 Å². The van der Waals surface area contributed by atoms with Crippen molar-refractivity contribution in [1.82, 2.24) is 10.2 Å². The van der Waals surface area contributed by atoms with Crippen molar-refractivity contribution < 1.29 is 9.13 Å². The first-order valence-electron chi connectivity index (χ1n) is 9.86. The van der Waals surface area contributed by atoms with Gasteiger partial charge in [-0.1, -0.05) is 37.8 Å². The van der Waals surface area contributed by atoms with Crippen LogP contribution in [0.3, 0.4) is 0 Å². The highest BCUT2D eigenvalue weighted by molar-refractivity contribution is 14.0. The summed E-state index contributed by atoms with van der Waals surface area (Å²) >= 11 is 0. The third-order valence-electron chi connectivity index (χ3n) is 5.38. The molecule has 0 amide bonds. The van der Waals surface area contributed by atoms with Gasteiger partial charge in [-0.15, -0.1) is 24.0 Å². The molecule has 0 radical (unpaired) electrons. The van der Waals surface area contributed by atoms with Gasteiger partial charge >= 0.3 is 0 Å². The first kappa shape index (κ1) is 22.4. The third-order valence-corrected chi connectivity index (χ3v) is 5.38. The van der Waals surface area contributed by atoms with Gasteiger partial charge in [-0.05, 0) is 30.5 Å². The van der Waals surface area contributed by atoms with Gasteiger partial charge < -0.3 is 15.8 Å². The zero-order chi connectivity index (χ0) is 18.2. The quantitative estimate of drug-likeness (QED) is 0.287.